The summed E-state index contributed by atoms with van der Waals surface area (Å²) in [4.78, 5) is 4.84. The molecule has 0 saturated carbocycles. The first-order chi connectivity index (χ1) is 12.2. The third kappa shape index (κ3) is 3.28. The Morgan fingerprint density at radius 1 is 0.720 bits per heavy atom. The lowest BCUT2D eigenvalue weighted by Gasteiger charge is -2.11. The number of para-hydroxylation sites is 2. The van der Waals surface area contributed by atoms with Gasteiger partial charge in [-0.2, -0.15) is 0 Å². The van der Waals surface area contributed by atoms with Gasteiger partial charge in [-0.3, -0.25) is 0 Å². The molecule has 0 aliphatic rings. The van der Waals surface area contributed by atoms with Gasteiger partial charge in [-0.05, 0) is 35.4 Å². The van der Waals surface area contributed by atoms with Crippen LogP contribution in [0.3, 0.4) is 0 Å². The topological polar surface area (TPSA) is 17.8 Å². The van der Waals surface area contributed by atoms with Crippen LogP contribution >= 0.6 is 23.2 Å². The number of rotatable bonds is 4. The van der Waals surface area contributed by atoms with Crippen molar-refractivity contribution in [1.82, 2.24) is 9.55 Å². The highest BCUT2D eigenvalue weighted by Crippen LogP contribution is 2.25. The number of nitrogens with zero attached hydrogens (tertiary/aromatic N) is 2. The van der Waals surface area contributed by atoms with Gasteiger partial charge in [0, 0.05) is 16.5 Å². The summed E-state index contributed by atoms with van der Waals surface area (Å²) < 4.78 is 2.22. The van der Waals surface area contributed by atoms with E-state index in [1.165, 1.54) is 0 Å². The van der Waals surface area contributed by atoms with Crippen molar-refractivity contribution in [1.29, 1.82) is 0 Å². The van der Waals surface area contributed by atoms with Gasteiger partial charge in [0.05, 0.1) is 17.6 Å². The monoisotopic (exact) mass is 366 g/mol. The van der Waals surface area contributed by atoms with Crippen molar-refractivity contribution in [3.05, 3.63) is 99.8 Å². The van der Waals surface area contributed by atoms with Crippen molar-refractivity contribution in [2.24, 2.45) is 0 Å². The molecule has 0 fully saturated rings. The second kappa shape index (κ2) is 6.91. The Balaban J connectivity index is 1.81. The Hall–Kier alpha value is -2.29. The van der Waals surface area contributed by atoms with Crippen LogP contribution in [0, 0.1) is 0 Å². The van der Waals surface area contributed by atoms with Gasteiger partial charge in [0.15, 0.2) is 0 Å². The zero-order valence-corrected chi connectivity index (χ0v) is 15.0. The Morgan fingerprint density at radius 3 is 2.04 bits per heavy atom. The number of benzene rings is 3. The lowest BCUT2D eigenvalue weighted by Crippen LogP contribution is -2.06. The molecule has 3 aromatic carbocycles. The largest absolute Gasteiger partial charge is 0.323 e. The zero-order valence-electron chi connectivity index (χ0n) is 13.5. The maximum absolute atomic E-state index is 6.38. The molecule has 1 heterocycles. The van der Waals surface area contributed by atoms with Gasteiger partial charge in [-0.25, -0.2) is 4.98 Å². The van der Waals surface area contributed by atoms with E-state index in [1.54, 1.807) is 0 Å². The molecule has 0 unspecified atom stereocenters. The summed E-state index contributed by atoms with van der Waals surface area (Å²) in [5, 5.41) is 1.53. The van der Waals surface area contributed by atoms with E-state index >= 15 is 0 Å². The molecule has 0 saturated heterocycles. The smallest absolute Gasteiger partial charge is 0.114 e. The first-order valence-corrected chi connectivity index (χ1v) is 8.89. The van der Waals surface area contributed by atoms with E-state index < -0.39 is 0 Å². The molecule has 4 heteroatoms. The van der Waals surface area contributed by atoms with E-state index in [-0.39, 0.29) is 0 Å². The second-order valence-electron chi connectivity index (χ2n) is 5.96. The van der Waals surface area contributed by atoms with Crippen LogP contribution in [-0.4, -0.2) is 9.55 Å². The number of hydrogen-bond donors (Lipinski definition) is 0. The molecular formula is C21H16Cl2N2. The highest BCUT2D eigenvalue weighted by Gasteiger charge is 2.13. The van der Waals surface area contributed by atoms with E-state index in [0.717, 1.165) is 38.0 Å². The normalized spacial score (nSPS) is 11.1. The first-order valence-electron chi connectivity index (χ1n) is 8.13. The molecule has 1 aromatic heterocycles. The first kappa shape index (κ1) is 16.2. The minimum absolute atomic E-state index is 0.679. The summed E-state index contributed by atoms with van der Waals surface area (Å²) in [7, 11) is 0. The summed E-state index contributed by atoms with van der Waals surface area (Å²) >= 11 is 12.7. The molecule has 0 amide bonds. The van der Waals surface area contributed by atoms with Crippen LogP contribution in [0.2, 0.25) is 10.0 Å². The number of imidazole rings is 1. The molecule has 0 atom stereocenters. The molecule has 0 N–H and O–H groups in total. The molecule has 4 rings (SSSR count). The van der Waals surface area contributed by atoms with Crippen LogP contribution in [0.5, 0.6) is 0 Å². The molecule has 0 spiro atoms. The Bertz CT molecular complexity index is 1040. The predicted octanol–water partition coefficient (Wildman–Crippen LogP) is 5.98. The van der Waals surface area contributed by atoms with Crippen LogP contribution in [0.1, 0.15) is 17.0 Å². The minimum Gasteiger partial charge on any atom is -0.323 e. The predicted molar refractivity (Wildman–Crippen MR) is 105 cm³/mol. The average molecular weight is 367 g/mol. The van der Waals surface area contributed by atoms with E-state index in [4.69, 9.17) is 28.2 Å². The summed E-state index contributed by atoms with van der Waals surface area (Å²) in [5.41, 5.74) is 4.23. The fourth-order valence-electron chi connectivity index (χ4n) is 3.05. The van der Waals surface area contributed by atoms with Crippen LogP contribution < -0.4 is 0 Å². The van der Waals surface area contributed by atoms with Crippen molar-refractivity contribution in [3.8, 4) is 0 Å². The summed E-state index contributed by atoms with van der Waals surface area (Å²) in [6.07, 6.45) is 0.679. The van der Waals surface area contributed by atoms with E-state index in [0.29, 0.717) is 13.0 Å². The van der Waals surface area contributed by atoms with E-state index in [2.05, 4.69) is 16.7 Å². The van der Waals surface area contributed by atoms with Crippen LogP contribution in [-0.2, 0) is 13.0 Å². The second-order valence-corrected chi connectivity index (χ2v) is 6.78. The van der Waals surface area contributed by atoms with Gasteiger partial charge in [-0.1, -0.05) is 71.7 Å². The molecule has 0 radical (unpaired) electrons. The van der Waals surface area contributed by atoms with Crippen molar-refractivity contribution in [2.75, 3.05) is 0 Å². The molecule has 0 aliphatic carbocycles. The van der Waals surface area contributed by atoms with Gasteiger partial charge >= 0.3 is 0 Å². The maximum atomic E-state index is 6.38. The third-order valence-corrected chi connectivity index (χ3v) is 5.06. The number of fused-ring (bicyclic) bond motifs is 1. The Kier molecular flexibility index (Phi) is 4.48. The summed E-state index contributed by atoms with van der Waals surface area (Å²) in [6.45, 7) is 0.681. The minimum atomic E-state index is 0.679. The average Bonchev–Trinajstić information content (AvgIpc) is 2.96. The summed E-state index contributed by atoms with van der Waals surface area (Å²) in [6, 6.07) is 24.0. The molecule has 2 nitrogen and oxygen atoms in total. The quantitative estimate of drug-likeness (QED) is 0.434. The lowest BCUT2D eigenvalue weighted by atomic mass is 10.1. The van der Waals surface area contributed by atoms with Gasteiger partial charge in [0.25, 0.3) is 0 Å². The maximum Gasteiger partial charge on any atom is 0.114 e. The van der Waals surface area contributed by atoms with Gasteiger partial charge in [0.1, 0.15) is 5.82 Å². The summed E-state index contributed by atoms with van der Waals surface area (Å²) in [5.74, 6) is 0.981. The highest BCUT2D eigenvalue weighted by atomic mass is 35.5. The standard InChI is InChI=1S/C21H16Cl2N2/c22-17-9-3-1-7-15(17)13-21-24-19-11-5-6-12-20(19)25(21)14-16-8-2-4-10-18(16)23/h1-12H,13-14H2. The molecule has 124 valence electrons. The van der Waals surface area contributed by atoms with Crippen LogP contribution in [0.25, 0.3) is 11.0 Å². The van der Waals surface area contributed by atoms with Crippen LogP contribution in [0.15, 0.2) is 72.8 Å². The van der Waals surface area contributed by atoms with Crippen molar-refractivity contribution < 1.29 is 0 Å². The molecular weight excluding hydrogens is 351 g/mol. The van der Waals surface area contributed by atoms with Crippen LogP contribution in [0.4, 0.5) is 0 Å². The molecule has 25 heavy (non-hydrogen) atoms. The van der Waals surface area contributed by atoms with Crippen molar-refractivity contribution in [3.63, 3.8) is 0 Å². The Labute approximate surface area is 156 Å². The van der Waals surface area contributed by atoms with Crippen molar-refractivity contribution in [2.45, 2.75) is 13.0 Å². The molecule has 0 bridgehead atoms. The SMILES string of the molecule is Clc1ccccc1Cc1nc2ccccc2n1Cc1ccccc1Cl. The molecule has 4 aromatic rings. The lowest BCUT2D eigenvalue weighted by molar-refractivity contribution is 0.762. The fourth-order valence-corrected chi connectivity index (χ4v) is 3.44. The van der Waals surface area contributed by atoms with E-state index in [9.17, 15) is 0 Å². The van der Waals surface area contributed by atoms with Gasteiger partial charge in [-0.15, -0.1) is 0 Å². The fraction of sp³-hybridized carbons (Fsp3) is 0.0952. The van der Waals surface area contributed by atoms with E-state index in [1.807, 2.05) is 60.7 Å². The Morgan fingerprint density at radius 2 is 1.32 bits per heavy atom. The van der Waals surface area contributed by atoms with Crippen molar-refractivity contribution >= 4 is 34.2 Å². The highest BCUT2D eigenvalue weighted by molar-refractivity contribution is 6.31. The van der Waals surface area contributed by atoms with Gasteiger partial charge in [0.2, 0.25) is 0 Å². The van der Waals surface area contributed by atoms with Gasteiger partial charge < -0.3 is 4.57 Å². The number of halogens is 2. The third-order valence-electron chi connectivity index (χ3n) is 4.33. The number of hydrogen-bond acceptors (Lipinski definition) is 1. The molecule has 0 aliphatic heterocycles. The number of aromatic nitrogens is 2. The zero-order chi connectivity index (χ0) is 17.2.